The van der Waals surface area contributed by atoms with Crippen LogP contribution < -0.4 is 0 Å². The number of nitrogens with zero attached hydrogens (tertiary/aromatic N) is 1. The number of hydrogen-bond acceptors (Lipinski definition) is 2. The van der Waals surface area contributed by atoms with E-state index in [1.807, 2.05) is 6.92 Å². The lowest BCUT2D eigenvalue weighted by molar-refractivity contribution is -0.0110. The van der Waals surface area contributed by atoms with Crippen LogP contribution in [0.3, 0.4) is 0 Å². The first-order chi connectivity index (χ1) is 5.14. The molecule has 1 fully saturated rings. The Morgan fingerprint density at radius 3 is 3.00 bits per heavy atom. The third kappa shape index (κ3) is 2.53. The van der Waals surface area contributed by atoms with Crippen molar-refractivity contribution < 1.29 is 5.11 Å². The zero-order valence-corrected chi connectivity index (χ0v) is 7.01. The van der Waals surface area contributed by atoms with E-state index < -0.39 is 5.60 Å². The predicted octanol–water partition coefficient (Wildman–Crippen LogP) is 0.466. The van der Waals surface area contributed by atoms with E-state index >= 15 is 0 Å². The van der Waals surface area contributed by atoms with Crippen LogP contribution in [0.15, 0.2) is 0 Å². The first-order valence-electron chi connectivity index (χ1n) is 4.02. The Hall–Kier alpha value is -0.520. The van der Waals surface area contributed by atoms with E-state index in [1.165, 1.54) is 0 Å². The average molecular weight is 153 g/mol. The Morgan fingerprint density at radius 1 is 1.73 bits per heavy atom. The summed E-state index contributed by atoms with van der Waals surface area (Å²) in [6.45, 7) is 4.28. The van der Waals surface area contributed by atoms with Gasteiger partial charge in [-0.05, 0) is 26.3 Å². The van der Waals surface area contributed by atoms with Gasteiger partial charge in [0, 0.05) is 6.54 Å². The zero-order chi connectivity index (χ0) is 8.32. The van der Waals surface area contributed by atoms with E-state index in [1.54, 1.807) is 0 Å². The minimum absolute atomic E-state index is 0.519. The van der Waals surface area contributed by atoms with Crippen LogP contribution >= 0.6 is 0 Å². The molecule has 1 rings (SSSR count). The fourth-order valence-corrected chi connectivity index (χ4v) is 1.59. The number of aliphatic hydroxyl groups is 1. The van der Waals surface area contributed by atoms with Crippen LogP contribution in [0.25, 0.3) is 0 Å². The molecule has 0 aromatic carbocycles. The van der Waals surface area contributed by atoms with Gasteiger partial charge in [-0.25, -0.2) is 0 Å². The molecule has 0 saturated carbocycles. The van der Waals surface area contributed by atoms with Gasteiger partial charge in [-0.2, -0.15) is 0 Å². The van der Waals surface area contributed by atoms with Crippen LogP contribution in [-0.2, 0) is 0 Å². The highest BCUT2D eigenvalue weighted by Gasteiger charge is 2.27. The molecule has 11 heavy (non-hydrogen) atoms. The molecule has 1 atom stereocenters. The fourth-order valence-electron chi connectivity index (χ4n) is 1.59. The van der Waals surface area contributed by atoms with Gasteiger partial charge in [0.15, 0.2) is 0 Å². The van der Waals surface area contributed by atoms with Gasteiger partial charge in [-0.3, -0.25) is 4.90 Å². The summed E-state index contributed by atoms with van der Waals surface area (Å²) >= 11 is 0. The number of piperidine rings is 1. The number of likely N-dealkylation sites (tertiary alicyclic amines) is 1. The van der Waals surface area contributed by atoms with E-state index in [-0.39, 0.29) is 0 Å². The molecule has 0 aromatic rings. The lowest BCUT2D eigenvalue weighted by Crippen LogP contribution is -2.46. The van der Waals surface area contributed by atoms with Crippen molar-refractivity contribution in [2.45, 2.75) is 25.4 Å². The maximum absolute atomic E-state index is 9.66. The first kappa shape index (κ1) is 8.58. The van der Waals surface area contributed by atoms with Crippen molar-refractivity contribution in [2.75, 3.05) is 19.6 Å². The molecule has 0 aromatic heterocycles. The molecule has 1 aliphatic rings. The molecule has 0 bridgehead atoms. The molecular weight excluding hydrogens is 138 g/mol. The lowest BCUT2D eigenvalue weighted by Gasteiger charge is -2.35. The summed E-state index contributed by atoms with van der Waals surface area (Å²) in [5.74, 6) is 2.59. The zero-order valence-electron chi connectivity index (χ0n) is 7.01. The van der Waals surface area contributed by atoms with Gasteiger partial charge in [0.05, 0.1) is 12.1 Å². The molecule has 1 unspecified atom stereocenters. The van der Waals surface area contributed by atoms with Crippen LogP contribution in [0.4, 0.5) is 0 Å². The first-order valence-corrected chi connectivity index (χ1v) is 4.02. The minimum atomic E-state index is -0.519. The third-order valence-electron chi connectivity index (χ3n) is 2.07. The van der Waals surface area contributed by atoms with Gasteiger partial charge in [0.25, 0.3) is 0 Å². The molecule has 0 amide bonds. The van der Waals surface area contributed by atoms with Crippen molar-refractivity contribution in [3.63, 3.8) is 0 Å². The normalized spacial score (nSPS) is 33.2. The number of terminal acetylenes is 1. The smallest absolute Gasteiger partial charge is 0.0746 e. The SMILES string of the molecule is C#CCN1CCCC(C)(O)C1. The Morgan fingerprint density at radius 2 is 2.45 bits per heavy atom. The minimum Gasteiger partial charge on any atom is -0.389 e. The van der Waals surface area contributed by atoms with Gasteiger partial charge in [0.1, 0.15) is 0 Å². The van der Waals surface area contributed by atoms with E-state index in [0.717, 1.165) is 25.9 Å². The van der Waals surface area contributed by atoms with E-state index in [0.29, 0.717) is 6.54 Å². The standard InChI is InChI=1S/C9H15NO/c1-3-6-10-7-4-5-9(2,11)8-10/h1,11H,4-8H2,2H3. The van der Waals surface area contributed by atoms with Gasteiger partial charge in [-0.1, -0.05) is 5.92 Å². The van der Waals surface area contributed by atoms with Crippen molar-refractivity contribution in [3.05, 3.63) is 0 Å². The van der Waals surface area contributed by atoms with Crippen molar-refractivity contribution in [1.29, 1.82) is 0 Å². The van der Waals surface area contributed by atoms with Crippen LogP contribution in [0.1, 0.15) is 19.8 Å². The van der Waals surface area contributed by atoms with Crippen molar-refractivity contribution in [2.24, 2.45) is 0 Å². The summed E-state index contributed by atoms with van der Waals surface area (Å²) in [6.07, 6.45) is 7.12. The van der Waals surface area contributed by atoms with Crippen LogP contribution in [0, 0.1) is 12.3 Å². The molecule has 2 heteroatoms. The maximum atomic E-state index is 9.66. The van der Waals surface area contributed by atoms with Gasteiger partial charge in [-0.15, -0.1) is 6.42 Å². The molecule has 1 heterocycles. The summed E-state index contributed by atoms with van der Waals surface area (Å²) in [5, 5.41) is 9.66. The second kappa shape index (κ2) is 3.25. The maximum Gasteiger partial charge on any atom is 0.0746 e. The molecule has 62 valence electrons. The van der Waals surface area contributed by atoms with Crippen molar-refractivity contribution in [1.82, 2.24) is 4.90 Å². The van der Waals surface area contributed by atoms with E-state index in [4.69, 9.17) is 6.42 Å². The molecule has 0 spiro atoms. The molecular formula is C9H15NO. The summed E-state index contributed by atoms with van der Waals surface area (Å²) in [5.41, 5.74) is -0.519. The predicted molar refractivity (Wildman–Crippen MR) is 45.1 cm³/mol. The Balaban J connectivity index is 2.41. The highest BCUT2D eigenvalue weighted by molar-refractivity contribution is 4.92. The fraction of sp³-hybridized carbons (Fsp3) is 0.778. The molecule has 0 aliphatic carbocycles. The largest absolute Gasteiger partial charge is 0.389 e. The Labute approximate surface area is 68.2 Å². The summed E-state index contributed by atoms with van der Waals surface area (Å²) in [6, 6.07) is 0. The second-order valence-corrected chi connectivity index (χ2v) is 3.52. The number of hydrogen-bond donors (Lipinski definition) is 1. The Bertz CT molecular complexity index is 169. The summed E-state index contributed by atoms with van der Waals surface area (Å²) in [4.78, 5) is 2.11. The number of β-amino-alcohol motifs (C(OH)–C–C–N with tert-alkyl or cyclic N) is 1. The monoisotopic (exact) mass is 153 g/mol. The summed E-state index contributed by atoms with van der Waals surface area (Å²) in [7, 11) is 0. The lowest BCUT2D eigenvalue weighted by atomic mass is 9.95. The molecule has 1 aliphatic heterocycles. The molecule has 2 nitrogen and oxygen atoms in total. The van der Waals surface area contributed by atoms with E-state index in [2.05, 4.69) is 10.8 Å². The van der Waals surface area contributed by atoms with Crippen LogP contribution in [-0.4, -0.2) is 35.2 Å². The molecule has 1 saturated heterocycles. The van der Waals surface area contributed by atoms with Crippen LogP contribution in [0.5, 0.6) is 0 Å². The topological polar surface area (TPSA) is 23.5 Å². The molecule has 0 radical (unpaired) electrons. The number of rotatable bonds is 1. The Kier molecular flexibility index (Phi) is 2.53. The van der Waals surface area contributed by atoms with Crippen molar-refractivity contribution in [3.8, 4) is 12.3 Å². The van der Waals surface area contributed by atoms with E-state index in [9.17, 15) is 5.11 Å². The molecule has 1 N–H and O–H groups in total. The average Bonchev–Trinajstić information content (AvgIpc) is 1.85. The van der Waals surface area contributed by atoms with Crippen molar-refractivity contribution >= 4 is 0 Å². The highest BCUT2D eigenvalue weighted by Crippen LogP contribution is 2.19. The highest BCUT2D eigenvalue weighted by atomic mass is 16.3. The van der Waals surface area contributed by atoms with Crippen LogP contribution in [0.2, 0.25) is 0 Å². The summed E-state index contributed by atoms with van der Waals surface area (Å²) < 4.78 is 0. The van der Waals surface area contributed by atoms with Gasteiger partial charge >= 0.3 is 0 Å². The van der Waals surface area contributed by atoms with Gasteiger partial charge in [0.2, 0.25) is 0 Å². The third-order valence-corrected chi connectivity index (χ3v) is 2.07. The van der Waals surface area contributed by atoms with Gasteiger partial charge < -0.3 is 5.11 Å². The second-order valence-electron chi connectivity index (χ2n) is 3.52. The quantitative estimate of drug-likeness (QED) is 0.553.